The highest BCUT2D eigenvalue weighted by molar-refractivity contribution is 5.84. The number of hydrogen-bond acceptors (Lipinski definition) is 2. The number of aromatic nitrogens is 1. The third-order valence-corrected chi connectivity index (χ3v) is 3.68. The van der Waals surface area contributed by atoms with Gasteiger partial charge in [0.15, 0.2) is 0 Å². The summed E-state index contributed by atoms with van der Waals surface area (Å²) >= 11 is 0. The lowest BCUT2D eigenvalue weighted by Crippen LogP contribution is -2.45. The molecule has 0 unspecified atom stereocenters. The van der Waals surface area contributed by atoms with E-state index in [0.29, 0.717) is 19.0 Å². The molecule has 0 N–H and O–H groups in total. The monoisotopic (exact) mass is 307 g/mol. The van der Waals surface area contributed by atoms with Gasteiger partial charge in [0.1, 0.15) is 0 Å². The van der Waals surface area contributed by atoms with Crippen LogP contribution in [-0.4, -0.2) is 45.3 Å². The lowest BCUT2D eigenvalue weighted by molar-refractivity contribution is -0.141. The van der Waals surface area contributed by atoms with Gasteiger partial charge in [-0.2, -0.15) is 0 Å². The van der Waals surface area contributed by atoms with Gasteiger partial charge >= 0.3 is 0 Å². The highest BCUT2D eigenvalue weighted by Crippen LogP contribution is 2.10. The highest BCUT2D eigenvalue weighted by Gasteiger charge is 2.22. The van der Waals surface area contributed by atoms with Gasteiger partial charge in [-0.25, -0.2) is 0 Å². The van der Waals surface area contributed by atoms with Crippen LogP contribution >= 0.6 is 0 Å². The van der Waals surface area contributed by atoms with Crippen molar-refractivity contribution in [1.29, 1.82) is 0 Å². The second-order valence-electron chi connectivity index (χ2n) is 6.52. The first-order valence-corrected chi connectivity index (χ1v) is 7.87. The summed E-state index contributed by atoms with van der Waals surface area (Å²) in [5.74, 6) is 0.319. The Labute approximate surface area is 133 Å². The SMILES string of the molecule is CC(=O)N(CC(=O)N(Cc1cccn1C)CC(C)C)C(C)C. The molecular weight excluding hydrogens is 278 g/mol. The molecule has 1 aromatic rings. The van der Waals surface area contributed by atoms with E-state index in [9.17, 15) is 9.59 Å². The normalized spacial score (nSPS) is 11.1. The molecule has 0 saturated carbocycles. The Kier molecular flexibility index (Phi) is 6.65. The molecule has 0 aromatic carbocycles. The molecule has 2 amide bonds. The molecule has 1 rings (SSSR count). The Bertz CT molecular complexity index is 506. The average molecular weight is 307 g/mol. The van der Waals surface area contributed by atoms with Crippen molar-refractivity contribution in [1.82, 2.24) is 14.4 Å². The van der Waals surface area contributed by atoms with E-state index in [4.69, 9.17) is 0 Å². The zero-order chi connectivity index (χ0) is 16.9. The van der Waals surface area contributed by atoms with Crippen molar-refractivity contribution in [2.24, 2.45) is 13.0 Å². The summed E-state index contributed by atoms with van der Waals surface area (Å²) in [6.45, 7) is 11.0. The van der Waals surface area contributed by atoms with Gasteiger partial charge in [-0.1, -0.05) is 13.8 Å². The highest BCUT2D eigenvalue weighted by atomic mass is 16.2. The predicted octanol–water partition coefficient (Wildman–Crippen LogP) is 2.27. The third-order valence-electron chi connectivity index (χ3n) is 3.68. The van der Waals surface area contributed by atoms with Crippen LogP contribution in [0.15, 0.2) is 18.3 Å². The fourth-order valence-electron chi connectivity index (χ4n) is 2.45. The van der Waals surface area contributed by atoms with E-state index in [1.165, 1.54) is 6.92 Å². The third kappa shape index (κ3) is 5.20. The molecular formula is C17H29N3O2. The molecule has 0 saturated heterocycles. The van der Waals surface area contributed by atoms with Crippen LogP contribution in [0.4, 0.5) is 0 Å². The standard InChI is InChI=1S/C17H29N3O2/c1-13(2)10-19(11-16-8-7-9-18(16)6)17(22)12-20(14(3)4)15(5)21/h7-9,13-14H,10-12H2,1-6H3. The Morgan fingerprint density at radius 2 is 1.86 bits per heavy atom. The number of amides is 2. The Balaban J connectivity index is 2.84. The number of carbonyl (C=O) groups is 2. The van der Waals surface area contributed by atoms with Crippen LogP contribution in [0.5, 0.6) is 0 Å². The van der Waals surface area contributed by atoms with E-state index < -0.39 is 0 Å². The molecule has 124 valence electrons. The van der Waals surface area contributed by atoms with Crippen LogP contribution in [0.1, 0.15) is 40.3 Å². The number of carbonyl (C=O) groups excluding carboxylic acids is 2. The maximum absolute atomic E-state index is 12.7. The van der Waals surface area contributed by atoms with Gasteiger partial charge in [-0.3, -0.25) is 9.59 Å². The van der Waals surface area contributed by atoms with E-state index >= 15 is 0 Å². The second-order valence-corrected chi connectivity index (χ2v) is 6.52. The first-order valence-electron chi connectivity index (χ1n) is 7.87. The Hall–Kier alpha value is -1.78. The van der Waals surface area contributed by atoms with Crippen molar-refractivity contribution >= 4 is 11.8 Å². The molecule has 0 aliphatic carbocycles. The van der Waals surface area contributed by atoms with Crippen LogP contribution in [0.2, 0.25) is 0 Å². The van der Waals surface area contributed by atoms with Gasteiger partial charge in [0.05, 0.1) is 13.1 Å². The smallest absolute Gasteiger partial charge is 0.242 e. The van der Waals surface area contributed by atoms with E-state index in [2.05, 4.69) is 13.8 Å². The zero-order valence-corrected chi connectivity index (χ0v) is 14.7. The molecule has 0 bridgehead atoms. The van der Waals surface area contributed by atoms with Crippen LogP contribution in [0, 0.1) is 5.92 Å². The predicted molar refractivity (Wildman–Crippen MR) is 88.2 cm³/mol. The second kappa shape index (κ2) is 8.01. The van der Waals surface area contributed by atoms with Crippen LogP contribution in [-0.2, 0) is 23.2 Å². The molecule has 0 radical (unpaired) electrons. The maximum Gasteiger partial charge on any atom is 0.242 e. The Morgan fingerprint density at radius 1 is 1.23 bits per heavy atom. The van der Waals surface area contributed by atoms with Crippen molar-refractivity contribution in [3.63, 3.8) is 0 Å². The summed E-state index contributed by atoms with van der Waals surface area (Å²) in [5.41, 5.74) is 1.09. The molecule has 5 nitrogen and oxygen atoms in total. The van der Waals surface area contributed by atoms with Crippen molar-refractivity contribution in [2.75, 3.05) is 13.1 Å². The topological polar surface area (TPSA) is 45.6 Å². The molecule has 0 spiro atoms. The van der Waals surface area contributed by atoms with E-state index in [0.717, 1.165) is 5.69 Å². The minimum atomic E-state index is -0.0632. The van der Waals surface area contributed by atoms with Crippen LogP contribution in [0.3, 0.4) is 0 Å². The summed E-state index contributed by atoms with van der Waals surface area (Å²) in [7, 11) is 1.98. The molecule has 0 aliphatic heterocycles. The number of nitrogens with zero attached hydrogens (tertiary/aromatic N) is 3. The summed E-state index contributed by atoms with van der Waals surface area (Å²) in [6.07, 6.45) is 1.98. The van der Waals surface area contributed by atoms with Crippen molar-refractivity contribution in [3.8, 4) is 0 Å². The fourth-order valence-corrected chi connectivity index (χ4v) is 2.45. The number of hydrogen-bond donors (Lipinski definition) is 0. The van der Waals surface area contributed by atoms with Gasteiger partial charge in [0.2, 0.25) is 11.8 Å². The van der Waals surface area contributed by atoms with Crippen LogP contribution in [0.25, 0.3) is 0 Å². The summed E-state index contributed by atoms with van der Waals surface area (Å²) in [6, 6.07) is 4.02. The molecule has 5 heteroatoms. The van der Waals surface area contributed by atoms with Gasteiger partial charge in [0, 0.05) is 38.4 Å². The number of rotatable bonds is 7. The van der Waals surface area contributed by atoms with E-state index in [-0.39, 0.29) is 24.4 Å². The lowest BCUT2D eigenvalue weighted by atomic mass is 10.2. The van der Waals surface area contributed by atoms with E-state index in [1.807, 2.05) is 48.7 Å². The molecule has 0 aliphatic rings. The largest absolute Gasteiger partial charge is 0.353 e. The summed E-state index contributed by atoms with van der Waals surface area (Å²) < 4.78 is 2.02. The van der Waals surface area contributed by atoms with Crippen molar-refractivity contribution < 1.29 is 9.59 Å². The lowest BCUT2D eigenvalue weighted by Gasteiger charge is -2.30. The quantitative estimate of drug-likeness (QED) is 0.776. The fraction of sp³-hybridized carbons (Fsp3) is 0.647. The average Bonchev–Trinajstić information content (AvgIpc) is 2.79. The van der Waals surface area contributed by atoms with Gasteiger partial charge < -0.3 is 14.4 Å². The number of aryl methyl sites for hydroxylation is 1. The van der Waals surface area contributed by atoms with Crippen molar-refractivity contribution in [2.45, 2.75) is 47.2 Å². The maximum atomic E-state index is 12.7. The molecule has 1 aromatic heterocycles. The summed E-state index contributed by atoms with van der Waals surface area (Å²) in [4.78, 5) is 27.8. The van der Waals surface area contributed by atoms with E-state index in [1.54, 1.807) is 4.90 Å². The molecule has 0 atom stereocenters. The summed E-state index contributed by atoms with van der Waals surface area (Å²) in [5, 5.41) is 0. The van der Waals surface area contributed by atoms with Gasteiger partial charge in [-0.15, -0.1) is 0 Å². The minimum absolute atomic E-state index is 0.00111. The van der Waals surface area contributed by atoms with Gasteiger partial charge in [-0.05, 0) is 31.9 Å². The van der Waals surface area contributed by atoms with Crippen molar-refractivity contribution in [3.05, 3.63) is 24.0 Å². The first kappa shape index (κ1) is 18.3. The molecule has 22 heavy (non-hydrogen) atoms. The molecule has 1 heterocycles. The minimum Gasteiger partial charge on any atom is -0.353 e. The zero-order valence-electron chi connectivity index (χ0n) is 14.7. The Morgan fingerprint density at radius 3 is 2.27 bits per heavy atom. The molecule has 0 fully saturated rings. The van der Waals surface area contributed by atoms with Crippen LogP contribution < -0.4 is 0 Å². The van der Waals surface area contributed by atoms with Gasteiger partial charge in [0.25, 0.3) is 0 Å². The first-order chi connectivity index (χ1) is 10.2.